The summed E-state index contributed by atoms with van der Waals surface area (Å²) in [6.45, 7) is 3.23. The number of para-hydroxylation sites is 1. The van der Waals surface area contributed by atoms with Crippen molar-refractivity contribution in [1.29, 1.82) is 0 Å². The molecule has 1 N–H and O–H groups in total. The summed E-state index contributed by atoms with van der Waals surface area (Å²) in [6.07, 6.45) is 2.36. The third kappa shape index (κ3) is 2.40. The Labute approximate surface area is 109 Å². The van der Waals surface area contributed by atoms with Crippen molar-refractivity contribution in [3.8, 4) is 0 Å². The van der Waals surface area contributed by atoms with Crippen LogP contribution in [0.2, 0.25) is 0 Å². The minimum Gasteiger partial charge on any atom is -0.385 e. The molecule has 1 aliphatic rings. The Morgan fingerprint density at radius 1 is 1.06 bits per heavy atom. The van der Waals surface area contributed by atoms with E-state index in [1.54, 1.807) is 0 Å². The normalized spacial score (nSPS) is 17.9. The van der Waals surface area contributed by atoms with E-state index in [0.717, 1.165) is 6.54 Å². The van der Waals surface area contributed by atoms with Gasteiger partial charge in [0.2, 0.25) is 0 Å². The van der Waals surface area contributed by atoms with Gasteiger partial charge in [-0.1, -0.05) is 48.0 Å². The van der Waals surface area contributed by atoms with Crippen LogP contribution in [0.3, 0.4) is 0 Å². The fourth-order valence-corrected chi connectivity index (χ4v) is 2.71. The zero-order chi connectivity index (χ0) is 12.4. The van der Waals surface area contributed by atoms with Crippen LogP contribution in [0, 0.1) is 12.8 Å². The van der Waals surface area contributed by atoms with Crippen molar-refractivity contribution in [2.45, 2.75) is 19.8 Å². The van der Waals surface area contributed by atoms with Gasteiger partial charge in [-0.25, -0.2) is 0 Å². The Balaban J connectivity index is 1.71. The van der Waals surface area contributed by atoms with E-state index in [4.69, 9.17) is 0 Å². The van der Waals surface area contributed by atoms with E-state index in [9.17, 15) is 0 Å². The molecule has 0 aliphatic carbocycles. The predicted molar refractivity (Wildman–Crippen MR) is 77.0 cm³/mol. The molecule has 1 heterocycles. The summed E-state index contributed by atoms with van der Waals surface area (Å²) in [6, 6.07) is 17.6. The van der Waals surface area contributed by atoms with Crippen LogP contribution in [0.5, 0.6) is 0 Å². The molecule has 1 aliphatic heterocycles. The molecule has 1 nitrogen and oxygen atoms in total. The quantitative estimate of drug-likeness (QED) is 0.837. The zero-order valence-electron chi connectivity index (χ0n) is 10.8. The lowest BCUT2D eigenvalue weighted by Crippen LogP contribution is -2.24. The average Bonchev–Trinajstić information content (AvgIpc) is 2.41. The van der Waals surface area contributed by atoms with Gasteiger partial charge in [0.15, 0.2) is 0 Å². The minimum atomic E-state index is 0.711. The lowest BCUT2D eigenvalue weighted by molar-refractivity contribution is 0.535. The number of fused-ring (bicyclic) bond motifs is 1. The monoisotopic (exact) mass is 237 g/mol. The van der Waals surface area contributed by atoms with Crippen LogP contribution in [0.25, 0.3) is 0 Å². The lowest BCUT2D eigenvalue weighted by atomic mass is 9.89. The predicted octanol–water partition coefficient (Wildman–Crippen LogP) is 3.82. The maximum Gasteiger partial charge on any atom is 0.0372 e. The summed E-state index contributed by atoms with van der Waals surface area (Å²) in [5.74, 6) is 0.711. The van der Waals surface area contributed by atoms with Gasteiger partial charge in [0.05, 0.1) is 0 Å². The first-order chi connectivity index (χ1) is 8.81. The highest BCUT2D eigenvalue weighted by molar-refractivity contribution is 5.53. The van der Waals surface area contributed by atoms with Gasteiger partial charge in [-0.05, 0) is 42.9 Å². The molecule has 0 fully saturated rings. The largest absolute Gasteiger partial charge is 0.385 e. The van der Waals surface area contributed by atoms with Gasteiger partial charge in [-0.15, -0.1) is 0 Å². The number of hydrogen-bond acceptors (Lipinski definition) is 1. The van der Waals surface area contributed by atoms with Crippen molar-refractivity contribution in [2.24, 2.45) is 5.92 Å². The molecule has 1 atom stereocenters. The molecule has 2 aromatic carbocycles. The van der Waals surface area contributed by atoms with Gasteiger partial charge in [-0.3, -0.25) is 0 Å². The minimum absolute atomic E-state index is 0.711. The first-order valence-corrected chi connectivity index (χ1v) is 6.68. The van der Waals surface area contributed by atoms with E-state index < -0.39 is 0 Å². The van der Waals surface area contributed by atoms with Gasteiger partial charge in [-0.2, -0.15) is 0 Å². The summed E-state index contributed by atoms with van der Waals surface area (Å²) >= 11 is 0. The second-order valence-corrected chi connectivity index (χ2v) is 5.30. The van der Waals surface area contributed by atoms with E-state index in [2.05, 4.69) is 60.8 Å². The number of benzene rings is 2. The molecule has 0 radical (unpaired) electrons. The highest BCUT2D eigenvalue weighted by atomic mass is 14.9. The summed E-state index contributed by atoms with van der Waals surface area (Å²) in [4.78, 5) is 0. The molecule has 18 heavy (non-hydrogen) atoms. The standard InChI is InChI=1S/C17H19N/c1-13-6-8-14(9-7-13)10-15-11-16-4-2-3-5-17(16)18-12-15/h2-9,15,18H,10-12H2,1H3. The number of anilines is 1. The van der Waals surface area contributed by atoms with Crippen molar-refractivity contribution in [3.05, 3.63) is 65.2 Å². The molecule has 0 amide bonds. The SMILES string of the molecule is Cc1ccc(CC2CNc3ccccc3C2)cc1. The maximum absolute atomic E-state index is 3.54. The van der Waals surface area contributed by atoms with Gasteiger partial charge in [0.1, 0.15) is 0 Å². The Morgan fingerprint density at radius 3 is 2.67 bits per heavy atom. The molecular formula is C17H19N. The van der Waals surface area contributed by atoms with Gasteiger partial charge < -0.3 is 5.32 Å². The first kappa shape index (κ1) is 11.3. The second kappa shape index (κ2) is 4.85. The number of aryl methyl sites for hydroxylation is 1. The summed E-state index contributed by atoms with van der Waals surface area (Å²) in [5, 5.41) is 3.54. The van der Waals surface area contributed by atoms with Crippen LogP contribution in [-0.4, -0.2) is 6.54 Å². The molecule has 0 saturated carbocycles. The summed E-state index contributed by atoms with van der Waals surface area (Å²) in [7, 11) is 0. The third-order valence-electron chi connectivity index (χ3n) is 3.75. The van der Waals surface area contributed by atoms with E-state index in [1.807, 2.05) is 0 Å². The Morgan fingerprint density at radius 2 is 1.83 bits per heavy atom. The Bertz CT molecular complexity index is 528. The molecule has 0 spiro atoms. The van der Waals surface area contributed by atoms with Gasteiger partial charge in [0.25, 0.3) is 0 Å². The van der Waals surface area contributed by atoms with Crippen LogP contribution in [-0.2, 0) is 12.8 Å². The van der Waals surface area contributed by atoms with Crippen LogP contribution >= 0.6 is 0 Å². The number of hydrogen-bond donors (Lipinski definition) is 1. The number of rotatable bonds is 2. The van der Waals surface area contributed by atoms with Gasteiger partial charge >= 0.3 is 0 Å². The second-order valence-electron chi connectivity index (χ2n) is 5.30. The lowest BCUT2D eigenvalue weighted by Gasteiger charge is -2.26. The molecule has 0 aromatic heterocycles. The van der Waals surface area contributed by atoms with E-state index >= 15 is 0 Å². The summed E-state index contributed by atoms with van der Waals surface area (Å²) in [5.41, 5.74) is 5.57. The Kier molecular flexibility index (Phi) is 3.06. The smallest absolute Gasteiger partial charge is 0.0372 e. The van der Waals surface area contributed by atoms with Crippen molar-refractivity contribution >= 4 is 5.69 Å². The molecule has 3 rings (SSSR count). The van der Waals surface area contributed by atoms with Crippen LogP contribution in [0.15, 0.2) is 48.5 Å². The first-order valence-electron chi connectivity index (χ1n) is 6.68. The highest BCUT2D eigenvalue weighted by Gasteiger charge is 2.17. The van der Waals surface area contributed by atoms with Crippen LogP contribution in [0.4, 0.5) is 5.69 Å². The molecule has 0 bridgehead atoms. The fraction of sp³-hybridized carbons (Fsp3) is 0.294. The topological polar surface area (TPSA) is 12.0 Å². The van der Waals surface area contributed by atoms with E-state index in [1.165, 1.54) is 35.2 Å². The van der Waals surface area contributed by atoms with Crippen molar-refractivity contribution in [1.82, 2.24) is 0 Å². The molecular weight excluding hydrogens is 218 g/mol. The van der Waals surface area contributed by atoms with Crippen molar-refractivity contribution in [3.63, 3.8) is 0 Å². The average molecular weight is 237 g/mol. The zero-order valence-corrected chi connectivity index (χ0v) is 10.8. The van der Waals surface area contributed by atoms with E-state index in [-0.39, 0.29) is 0 Å². The van der Waals surface area contributed by atoms with Crippen molar-refractivity contribution in [2.75, 3.05) is 11.9 Å². The fourth-order valence-electron chi connectivity index (χ4n) is 2.71. The number of nitrogens with one attached hydrogen (secondary N) is 1. The van der Waals surface area contributed by atoms with Crippen LogP contribution in [0.1, 0.15) is 16.7 Å². The molecule has 1 heteroatoms. The third-order valence-corrected chi connectivity index (χ3v) is 3.75. The molecule has 2 aromatic rings. The Hall–Kier alpha value is -1.76. The maximum atomic E-state index is 3.54. The molecule has 1 unspecified atom stereocenters. The summed E-state index contributed by atoms with van der Waals surface area (Å²) < 4.78 is 0. The van der Waals surface area contributed by atoms with Crippen LogP contribution < -0.4 is 5.32 Å². The molecule has 0 saturated heterocycles. The van der Waals surface area contributed by atoms with Gasteiger partial charge in [0, 0.05) is 12.2 Å². The van der Waals surface area contributed by atoms with Crippen molar-refractivity contribution < 1.29 is 0 Å². The van der Waals surface area contributed by atoms with E-state index in [0.29, 0.717) is 5.92 Å². The molecule has 92 valence electrons. The highest BCUT2D eigenvalue weighted by Crippen LogP contribution is 2.26.